The molecule has 84 valence electrons. The van der Waals surface area contributed by atoms with Crippen molar-refractivity contribution in [1.29, 1.82) is 0 Å². The number of ether oxygens (including phenoxy) is 1. The van der Waals surface area contributed by atoms with Crippen LogP contribution in [0, 0.1) is 5.82 Å². The van der Waals surface area contributed by atoms with Crippen molar-refractivity contribution in [2.45, 2.75) is 6.61 Å². The number of hydrogen-bond donors (Lipinski definition) is 0. The van der Waals surface area contributed by atoms with Crippen molar-refractivity contribution in [1.82, 2.24) is 10.2 Å². The van der Waals surface area contributed by atoms with E-state index in [1.807, 2.05) is 0 Å². The second kappa shape index (κ2) is 5.07. The number of halogens is 3. The molecule has 0 unspecified atom stereocenters. The van der Waals surface area contributed by atoms with Gasteiger partial charge in [0.05, 0.1) is 4.47 Å². The number of aromatic nitrogens is 2. The molecule has 0 aliphatic carbocycles. The van der Waals surface area contributed by atoms with Gasteiger partial charge in [-0.1, -0.05) is 11.3 Å². The molecule has 2 aromatic rings. The molecule has 7 heteroatoms. The molecule has 0 radical (unpaired) electrons. The quantitative estimate of drug-likeness (QED) is 0.864. The van der Waals surface area contributed by atoms with E-state index in [0.717, 1.165) is 0 Å². The van der Waals surface area contributed by atoms with E-state index in [9.17, 15) is 4.39 Å². The van der Waals surface area contributed by atoms with E-state index in [1.54, 1.807) is 12.1 Å². The van der Waals surface area contributed by atoms with Gasteiger partial charge in [-0.2, -0.15) is 0 Å². The van der Waals surface area contributed by atoms with Crippen LogP contribution >= 0.6 is 38.9 Å². The van der Waals surface area contributed by atoms with Crippen molar-refractivity contribution in [2.24, 2.45) is 0 Å². The van der Waals surface area contributed by atoms with Gasteiger partial charge in [-0.15, -0.1) is 10.2 Å². The average molecular weight is 324 g/mol. The summed E-state index contributed by atoms with van der Waals surface area (Å²) >= 11 is 9.94. The molecule has 0 fully saturated rings. The van der Waals surface area contributed by atoms with E-state index in [0.29, 0.717) is 19.7 Å². The van der Waals surface area contributed by atoms with Crippen LogP contribution in [-0.4, -0.2) is 10.2 Å². The smallest absolute Gasteiger partial charge is 0.207 e. The maximum atomic E-state index is 12.9. The fraction of sp³-hybridized carbons (Fsp3) is 0.111. The van der Waals surface area contributed by atoms with Crippen LogP contribution in [-0.2, 0) is 6.61 Å². The number of hydrogen-bond acceptors (Lipinski definition) is 4. The molecule has 0 aliphatic rings. The van der Waals surface area contributed by atoms with Crippen LogP contribution in [0.2, 0.25) is 4.47 Å². The van der Waals surface area contributed by atoms with Gasteiger partial charge in [0.25, 0.3) is 0 Å². The van der Waals surface area contributed by atoms with Gasteiger partial charge < -0.3 is 4.74 Å². The van der Waals surface area contributed by atoms with Gasteiger partial charge in [-0.05, 0) is 45.7 Å². The second-order valence-corrected chi connectivity index (χ2v) is 5.31. The molecule has 2 rings (SSSR count). The summed E-state index contributed by atoms with van der Waals surface area (Å²) in [6, 6.07) is 4.42. The topological polar surface area (TPSA) is 35.0 Å². The first-order valence-electron chi connectivity index (χ1n) is 4.21. The maximum absolute atomic E-state index is 12.9. The van der Waals surface area contributed by atoms with Gasteiger partial charge in [0, 0.05) is 0 Å². The third kappa shape index (κ3) is 2.90. The molecule has 0 atom stereocenters. The van der Waals surface area contributed by atoms with Crippen molar-refractivity contribution >= 4 is 38.9 Å². The van der Waals surface area contributed by atoms with Crippen LogP contribution in [0.4, 0.5) is 4.39 Å². The first kappa shape index (κ1) is 11.8. The lowest BCUT2D eigenvalue weighted by Crippen LogP contribution is -1.95. The fourth-order valence-electron chi connectivity index (χ4n) is 1.00. The minimum absolute atomic E-state index is 0.266. The number of benzene rings is 1. The van der Waals surface area contributed by atoms with Gasteiger partial charge in [0.1, 0.15) is 18.2 Å². The van der Waals surface area contributed by atoms with Crippen molar-refractivity contribution in [3.05, 3.63) is 38.0 Å². The maximum Gasteiger partial charge on any atom is 0.207 e. The predicted octanol–water partition coefficient (Wildman–Crippen LogP) is 3.67. The largest absolute Gasteiger partial charge is 0.486 e. The standard InChI is InChI=1S/C9H5BrClFN2OS/c10-6-3-5(1-2-7(6)12)15-4-8-13-14-9(11)16-8/h1-3H,4H2. The molecule has 0 aliphatic heterocycles. The molecule has 1 aromatic heterocycles. The zero-order chi connectivity index (χ0) is 11.5. The van der Waals surface area contributed by atoms with Crippen LogP contribution < -0.4 is 4.74 Å². The van der Waals surface area contributed by atoms with E-state index in [1.165, 1.54) is 17.4 Å². The molecule has 1 heterocycles. The van der Waals surface area contributed by atoms with E-state index in [-0.39, 0.29) is 12.4 Å². The highest BCUT2D eigenvalue weighted by Gasteiger charge is 2.04. The summed E-state index contributed by atoms with van der Waals surface area (Å²) in [5.41, 5.74) is 0. The summed E-state index contributed by atoms with van der Waals surface area (Å²) in [4.78, 5) is 0. The Labute approximate surface area is 108 Å². The van der Waals surface area contributed by atoms with Crippen LogP contribution in [0.5, 0.6) is 5.75 Å². The van der Waals surface area contributed by atoms with Crippen LogP contribution in [0.15, 0.2) is 22.7 Å². The monoisotopic (exact) mass is 322 g/mol. The first-order valence-corrected chi connectivity index (χ1v) is 6.19. The van der Waals surface area contributed by atoms with Crippen molar-refractivity contribution in [3.63, 3.8) is 0 Å². The molecule has 3 nitrogen and oxygen atoms in total. The van der Waals surface area contributed by atoms with E-state index in [2.05, 4.69) is 26.1 Å². The van der Waals surface area contributed by atoms with Crippen molar-refractivity contribution < 1.29 is 9.13 Å². The highest BCUT2D eigenvalue weighted by molar-refractivity contribution is 9.10. The lowest BCUT2D eigenvalue weighted by Gasteiger charge is -2.04. The predicted molar refractivity (Wildman–Crippen MR) is 63.4 cm³/mol. The van der Waals surface area contributed by atoms with Gasteiger partial charge in [-0.25, -0.2) is 4.39 Å². The Balaban J connectivity index is 2.02. The lowest BCUT2D eigenvalue weighted by atomic mass is 10.3. The van der Waals surface area contributed by atoms with E-state index < -0.39 is 0 Å². The highest BCUT2D eigenvalue weighted by Crippen LogP contribution is 2.23. The molecule has 16 heavy (non-hydrogen) atoms. The summed E-state index contributed by atoms with van der Waals surface area (Å²) in [6.07, 6.45) is 0. The molecule has 0 saturated carbocycles. The number of rotatable bonds is 3. The molecule has 0 bridgehead atoms. The normalized spacial score (nSPS) is 10.4. The van der Waals surface area contributed by atoms with Crippen LogP contribution in [0.1, 0.15) is 5.01 Å². The first-order chi connectivity index (χ1) is 7.65. The minimum atomic E-state index is -0.327. The Morgan fingerprint density at radius 2 is 2.25 bits per heavy atom. The van der Waals surface area contributed by atoms with Gasteiger partial charge in [0.2, 0.25) is 4.47 Å². The second-order valence-electron chi connectivity index (χ2n) is 2.81. The summed E-state index contributed by atoms with van der Waals surface area (Å²) < 4.78 is 19.1. The molecular weight excluding hydrogens is 319 g/mol. The molecule has 0 N–H and O–H groups in total. The molecular formula is C9H5BrClFN2OS. The number of nitrogens with zero attached hydrogens (tertiary/aromatic N) is 2. The molecule has 0 amide bonds. The summed E-state index contributed by atoms with van der Waals surface area (Å²) in [5, 5.41) is 8.11. The Hall–Kier alpha value is -0.720. The molecule has 0 saturated heterocycles. The van der Waals surface area contributed by atoms with Crippen molar-refractivity contribution in [2.75, 3.05) is 0 Å². The summed E-state index contributed by atoms with van der Waals surface area (Å²) in [5.74, 6) is 0.228. The van der Waals surface area contributed by atoms with E-state index in [4.69, 9.17) is 16.3 Å². The zero-order valence-electron chi connectivity index (χ0n) is 7.78. The van der Waals surface area contributed by atoms with Gasteiger partial charge >= 0.3 is 0 Å². The van der Waals surface area contributed by atoms with Crippen LogP contribution in [0.3, 0.4) is 0 Å². The van der Waals surface area contributed by atoms with Crippen molar-refractivity contribution in [3.8, 4) is 5.75 Å². The van der Waals surface area contributed by atoms with Gasteiger partial charge in [0.15, 0.2) is 5.01 Å². The van der Waals surface area contributed by atoms with Gasteiger partial charge in [-0.3, -0.25) is 0 Å². The SMILES string of the molecule is Fc1ccc(OCc2nnc(Cl)s2)cc1Br. The Morgan fingerprint density at radius 3 is 2.88 bits per heavy atom. The summed E-state index contributed by atoms with van der Waals surface area (Å²) in [6.45, 7) is 0.266. The average Bonchev–Trinajstić information content (AvgIpc) is 2.66. The van der Waals surface area contributed by atoms with E-state index >= 15 is 0 Å². The third-order valence-corrected chi connectivity index (χ3v) is 3.30. The molecule has 1 aromatic carbocycles. The summed E-state index contributed by atoms with van der Waals surface area (Å²) in [7, 11) is 0. The minimum Gasteiger partial charge on any atom is -0.486 e. The van der Waals surface area contributed by atoms with Crippen LogP contribution in [0.25, 0.3) is 0 Å². The molecule has 0 spiro atoms. The Bertz CT molecular complexity index is 508. The Morgan fingerprint density at radius 1 is 1.44 bits per heavy atom. The Kier molecular flexibility index (Phi) is 3.73. The third-order valence-electron chi connectivity index (χ3n) is 1.70. The highest BCUT2D eigenvalue weighted by atomic mass is 79.9. The fourth-order valence-corrected chi connectivity index (χ4v) is 2.14. The lowest BCUT2D eigenvalue weighted by molar-refractivity contribution is 0.304. The zero-order valence-corrected chi connectivity index (χ0v) is 10.9.